The summed E-state index contributed by atoms with van der Waals surface area (Å²) >= 11 is 0. The number of methoxy groups -OCH3 is 1. The SMILES string of the molecule is COc1c(C)cc(CN(C)Cc2nc(-c3ccc(C)c(F)c3)no2)cc1C. The average Bonchev–Trinajstić information content (AvgIpc) is 3.05. The maximum Gasteiger partial charge on any atom is 0.241 e. The van der Waals surface area contributed by atoms with Crippen molar-refractivity contribution in [2.24, 2.45) is 0 Å². The van der Waals surface area contributed by atoms with Gasteiger partial charge in [0.15, 0.2) is 0 Å². The first kappa shape index (κ1) is 19.0. The van der Waals surface area contributed by atoms with Crippen molar-refractivity contribution in [1.82, 2.24) is 15.0 Å². The molecule has 1 heterocycles. The van der Waals surface area contributed by atoms with Crippen molar-refractivity contribution in [3.8, 4) is 17.1 Å². The quantitative estimate of drug-likeness (QED) is 0.643. The standard InChI is InChI=1S/C21H24FN3O2/c1-13-6-7-17(10-18(13)22)21-23-19(27-24-21)12-25(4)11-16-8-14(2)20(26-5)15(3)9-16/h6-10H,11-12H2,1-5H3. The topological polar surface area (TPSA) is 51.4 Å². The molecule has 142 valence electrons. The third-order valence-electron chi connectivity index (χ3n) is 4.48. The highest BCUT2D eigenvalue weighted by atomic mass is 19.1. The van der Waals surface area contributed by atoms with E-state index in [0.29, 0.717) is 29.4 Å². The summed E-state index contributed by atoms with van der Waals surface area (Å²) in [6.45, 7) is 7.05. The summed E-state index contributed by atoms with van der Waals surface area (Å²) in [6.07, 6.45) is 0. The molecule has 2 aromatic carbocycles. The van der Waals surface area contributed by atoms with E-state index in [1.165, 1.54) is 11.6 Å². The summed E-state index contributed by atoms with van der Waals surface area (Å²) in [7, 11) is 3.68. The zero-order valence-electron chi connectivity index (χ0n) is 16.3. The van der Waals surface area contributed by atoms with Crippen LogP contribution in [0.4, 0.5) is 4.39 Å². The molecule has 0 amide bonds. The van der Waals surface area contributed by atoms with E-state index in [-0.39, 0.29) is 5.82 Å². The van der Waals surface area contributed by atoms with E-state index in [4.69, 9.17) is 9.26 Å². The van der Waals surface area contributed by atoms with Crippen LogP contribution >= 0.6 is 0 Å². The van der Waals surface area contributed by atoms with Gasteiger partial charge in [0.05, 0.1) is 13.7 Å². The second-order valence-electron chi connectivity index (χ2n) is 6.91. The molecule has 0 fully saturated rings. The van der Waals surface area contributed by atoms with Crippen molar-refractivity contribution in [2.75, 3.05) is 14.2 Å². The summed E-state index contributed by atoms with van der Waals surface area (Å²) in [6, 6.07) is 9.17. The van der Waals surface area contributed by atoms with E-state index >= 15 is 0 Å². The van der Waals surface area contributed by atoms with Crippen molar-refractivity contribution in [3.05, 3.63) is 64.3 Å². The van der Waals surface area contributed by atoms with Gasteiger partial charge in [-0.05, 0) is 56.1 Å². The van der Waals surface area contributed by atoms with E-state index in [2.05, 4.69) is 27.2 Å². The summed E-state index contributed by atoms with van der Waals surface area (Å²) in [5.74, 6) is 1.54. The number of rotatable bonds is 6. The number of aromatic nitrogens is 2. The first-order chi connectivity index (χ1) is 12.9. The van der Waals surface area contributed by atoms with E-state index in [1.807, 2.05) is 20.9 Å². The fourth-order valence-corrected chi connectivity index (χ4v) is 3.22. The first-order valence-corrected chi connectivity index (χ1v) is 8.79. The fraction of sp³-hybridized carbons (Fsp3) is 0.333. The molecule has 0 aliphatic heterocycles. The van der Waals surface area contributed by atoms with Crippen molar-refractivity contribution >= 4 is 0 Å². The maximum atomic E-state index is 13.7. The largest absolute Gasteiger partial charge is 0.496 e. The molecule has 3 rings (SSSR count). The molecule has 1 aromatic heterocycles. The summed E-state index contributed by atoms with van der Waals surface area (Å²) in [4.78, 5) is 6.48. The van der Waals surface area contributed by atoms with Gasteiger partial charge in [0.1, 0.15) is 11.6 Å². The molecule has 0 bridgehead atoms. The second kappa shape index (κ2) is 7.88. The molecule has 0 spiro atoms. The Morgan fingerprint density at radius 3 is 2.37 bits per heavy atom. The summed E-state index contributed by atoms with van der Waals surface area (Å²) < 4.78 is 24.5. The van der Waals surface area contributed by atoms with Gasteiger partial charge in [-0.3, -0.25) is 4.90 Å². The Kier molecular flexibility index (Phi) is 5.56. The monoisotopic (exact) mass is 369 g/mol. The minimum atomic E-state index is -0.277. The van der Waals surface area contributed by atoms with E-state index in [9.17, 15) is 4.39 Å². The number of benzene rings is 2. The lowest BCUT2D eigenvalue weighted by atomic mass is 10.1. The van der Waals surface area contributed by atoms with Gasteiger partial charge in [0.25, 0.3) is 0 Å². The van der Waals surface area contributed by atoms with Crippen molar-refractivity contribution in [1.29, 1.82) is 0 Å². The Hall–Kier alpha value is -2.73. The van der Waals surface area contributed by atoms with Crippen LogP contribution in [0.2, 0.25) is 0 Å². The molecule has 6 heteroatoms. The van der Waals surface area contributed by atoms with Gasteiger partial charge in [-0.25, -0.2) is 4.39 Å². The first-order valence-electron chi connectivity index (χ1n) is 8.79. The van der Waals surface area contributed by atoms with Crippen molar-refractivity contribution in [3.63, 3.8) is 0 Å². The maximum absolute atomic E-state index is 13.7. The lowest BCUT2D eigenvalue weighted by Gasteiger charge is -2.17. The molecule has 0 saturated carbocycles. The Labute approximate surface area is 158 Å². The van der Waals surface area contributed by atoms with Crippen LogP contribution in [-0.4, -0.2) is 29.2 Å². The molecule has 5 nitrogen and oxygen atoms in total. The predicted molar refractivity (Wildman–Crippen MR) is 102 cm³/mol. The van der Waals surface area contributed by atoms with Crippen LogP contribution in [0.1, 0.15) is 28.1 Å². The molecule has 0 atom stereocenters. The number of hydrogen-bond donors (Lipinski definition) is 0. The third kappa shape index (κ3) is 4.34. The third-order valence-corrected chi connectivity index (χ3v) is 4.48. The molecule has 0 N–H and O–H groups in total. The smallest absolute Gasteiger partial charge is 0.241 e. The normalized spacial score (nSPS) is 11.2. The molecule has 27 heavy (non-hydrogen) atoms. The van der Waals surface area contributed by atoms with Crippen LogP contribution < -0.4 is 4.74 Å². The van der Waals surface area contributed by atoms with E-state index in [0.717, 1.165) is 23.4 Å². The molecule has 0 saturated heterocycles. The number of halogens is 1. The van der Waals surface area contributed by atoms with Gasteiger partial charge < -0.3 is 9.26 Å². The molecule has 0 aliphatic carbocycles. The molecule has 3 aromatic rings. The van der Waals surface area contributed by atoms with Crippen LogP contribution in [0.25, 0.3) is 11.4 Å². The Morgan fingerprint density at radius 2 is 1.74 bits per heavy atom. The molecule has 0 aliphatic rings. The van der Waals surface area contributed by atoms with Crippen LogP contribution in [0.15, 0.2) is 34.9 Å². The highest BCUT2D eigenvalue weighted by Gasteiger charge is 2.13. The average molecular weight is 369 g/mol. The van der Waals surface area contributed by atoms with E-state index < -0.39 is 0 Å². The van der Waals surface area contributed by atoms with Crippen LogP contribution in [0.5, 0.6) is 5.75 Å². The lowest BCUT2D eigenvalue weighted by Crippen LogP contribution is -2.17. The number of ether oxygens (including phenoxy) is 1. The Balaban J connectivity index is 1.69. The van der Waals surface area contributed by atoms with Gasteiger partial charge in [-0.1, -0.05) is 29.4 Å². The minimum Gasteiger partial charge on any atom is -0.496 e. The zero-order chi connectivity index (χ0) is 19.6. The van der Waals surface area contributed by atoms with Gasteiger partial charge >= 0.3 is 0 Å². The molecular formula is C21H24FN3O2. The second-order valence-corrected chi connectivity index (χ2v) is 6.91. The van der Waals surface area contributed by atoms with Crippen molar-refractivity contribution < 1.29 is 13.7 Å². The summed E-state index contributed by atoms with van der Waals surface area (Å²) in [5, 5.41) is 3.97. The Bertz CT molecular complexity index is 929. The molecule has 0 radical (unpaired) electrons. The number of aryl methyl sites for hydroxylation is 3. The zero-order valence-corrected chi connectivity index (χ0v) is 16.3. The predicted octanol–water partition coefficient (Wildman–Crippen LogP) is 4.44. The van der Waals surface area contributed by atoms with Crippen LogP contribution in [-0.2, 0) is 13.1 Å². The van der Waals surface area contributed by atoms with Gasteiger partial charge in [0, 0.05) is 12.1 Å². The Morgan fingerprint density at radius 1 is 1.04 bits per heavy atom. The van der Waals surface area contributed by atoms with Crippen LogP contribution in [0.3, 0.4) is 0 Å². The number of nitrogens with zero attached hydrogens (tertiary/aromatic N) is 3. The van der Waals surface area contributed by atoms with Gasteiger partial charge in [-0.2, -0.15) is 4.98 Å². The highest BCUT2D eigenvalue weighted by molar-refractivity contribution is 5.54. The lowest BCUT2D eigenvalue weighted by molar-refractivity contribution is 0.260. The van der Waals surface area contributed by atoms with Gasteiger partial charge in [-0.15, -0.1) is 0 Å². The summed E-state index contributed by atoms with van der Waals surface area (Å²) in [5.41, 5.74) is 4.61. The fourth-order valence-electron chi connectivity index (χ4n) is 3.22. The van der Waals surface area contributed by atoms with Crippen molar-refractivity contribution in [2.45, 2.75) is 33.9 Å². The highest BCUT2D eigenvalue weighted by Crippen LogP contribution is 2.25. The van der Waals surface area contributed by atoms with Crippen LogP contribution in [0, 0.1) is 26.6 Å². The van der Waals surface area contributed by atoms with Gasteiger partial charge in [0.2, 0.25) is 11.7 Å². The molecular weight excluding hydrogens is 345 g/mol. The minimum absolute atomic E-state index is 0.277. The number of hydrogen-bond acceptors (Lipinski definition) is 5. The van der Waals surface area contributed by atoms with E-state index in [1.54, 1.807) is 26.2 Å². The molecule has 0 unspecified atom stereocenters.